The minimum absolute atomic E-state index is 0.0322. The molecule has 0 aliphatic carbocycles. The van der Waals surface area contributed by atoms with Gasteiger partial charge in [0.2, 0.25) is 5.91 Å². The molecular formula is C18H26N2O4. The summed E-state index contributed by atoms with van der Waals surface area (Å²) >= 11 is 0. The molecular weight excluding hydrogens is 308 g/mol. The van der Waals surface area contributed by atoms with Crippen LogP contribution < -0.4 is 5.32 Å². The van der Waals surface area contributed by atoms with Crippen molar-refractivity contribution in [1.29, 1.82) is 0 Å². The molecule has 0 spiro atoms. The molecule has 0 aromatic heterocycles. The van der Waals surface area contributed by atoms with Crippen molar-refractivity contribution in [2.24, 2.45) is 5.92 Å². The Morgan fingerprint density at radius 1 is 1.33 bits per heavy atom. The molecule has 3 unspecified atom stereocenters. The van der Waals surface area contributed by atoms with Gasteiger partial charge < -0.3 is 20.1 Å². The fourth-order valence-electron chi connectivity index (χ4n) is 2.95. The second-order valence-electron chi connectivity index (χ2n) is 6.29. The molecule has 3 atom stereocenters. The number of nitrogens with zero attached hydrogens (tertiary/aromatic N) is 1. The number of carbonyl (C=O) groups excluding carboxylic acids is 2. The van der Waals surface area contributed by atoms with Crippen molar-refractivity contribution in [1.82, 2.24) is 10.2 Å². The summed E-state index contributed by atoms with van der Waals surface area (Å²) in [6.07, 6.45) is 0.0182. The summed E-state index contributed by atoms with van der Waals surface area (Å²) in [6, 6.07) is 9.24. The number of alkyl carbamates (subject to hydrolysis) is 1. The Morgan fingerprint density at radius 2 is 2.04 bits per heavy atom. The number of nitrogens with one attached hydrogen (secondary N) is 1. The SMILES string of the molecule is CCC(=O)N1CC(NC(=O)OCc2ccccc2)CC(C(C)O)C1. The van der Waals surface area contributed by atoms with E-state index in [2.05, 4.69) is 5.32 Å². The van der Waals surface area contributed by atoms with E-state index < -0.39 is 12.2 Å². The Bertz CT molecular complexity index is 547. The van der Waals surface area contributed by atoms with E-state index in [9.17, 15) is 14.7 Å². The first-order valence-electron chi connectivity index (χ1n) is 8.42. The van der Waals surface area contributed by atoms with E-state index in [4.69, 9.17) is 4.74 Å². The van der Waals surface area contributed by atoms with Gasteiger partial charge in [0.25, 0.3) is 0 Å². The minimum atomic E-state index is -0.526. The molecule has 1 aromatic carbocycles. The normalized spacial score (nSPS) is 21.9. The third kappa shape index (κ3) is 5.23. The minimum Gasteiger partial charge on any atom is -0.445 e. The molecule has 1 fully saturated rings. The molecule has 1 aliphatic heterocycles. The van der Waals surface area contributed by atoms with Gasteiger partial charge in [0.15, 0.2) is 0 Å². The lowest BCUT2D eigenvalue weighted by molar-refractivity contribution is -0.134. The number of amides is 2. The van der Waals surface area contributed by atoms with E-state index >= 15 is 0 Å². The van der Waals surface area contributed by atoms with Crippen molar-refractivity contribution in [3.05, 3.63) is 35.9 Å². The van der Waals surface area contributed by atoms with Gasteiger partial charge in [0.05, 0.1) is 12.1 Å². The molecule has 0 saturated carbocycles. The van der Waals surface area contributed by atoms with Gasteiger partial charge in [-0.3, -0.25) is 4.79 Å². The predicted molar refractivity (Wildman–Crippen MR) is 90.2 cm³/mol. The fourth-order valence-corrected chi connectivity index (χ4v) is 2.95. The first-order valence-corrected chi connectivity index (χ1v) is 8.42. The van der Waals surface area contributed by atoms with Crippen molar-refractivity contribution in [3.8, 4) is 0 Å². The number of piperidine rings is 1. The van der Waals surface area contributed by atoms with E-state index in [1.165, 1.54) is 0 Å². The maximum atomic E-state index is 12.0. The quantitative estimate of drug-likeness (QED) is 0.862. The Labute approximate surface area is 142 Å². The third-order valence-electron chi connectivity index (χ3n) is 4.36. The number of ether oxygens (including phenoxy) is 1. The van der Waals surface area contributed by atoms with Crippen LogP contribution in [0.2, 0.25) is 0 Å². The van der Waals surface area contributed by atoms with Crippen molar-refractivity contribution in [2.45, 2.75) is 45.4 Å². The monoisotopic (exact) mass is 334 g/mol. The molecule has 1 aromatic rings. The maximum absolute atomic E-state index is 12.0. The zero-order valence-electron chi connectivity index (χ0n) is 14.3. The largest absolute Gasteiger partial charge is 0.445 e. The molecule has 1 saturated heterocycles. The zero-order valence-corrected chi connectivity index (χ0v) is 14.3. The molecule has 0 bridgehead atoms. The van der Waals surface area contributed by atoms with Gasteiger partial charge in [-0.25, -0.2) is 4.79 Å². The Balaban J connectivity index is 1.89. The van der Waals surface area contributed by atoms with Gasteiger partial charge in [0.1, 0.15) is 6.61 Å². The summed E-state index contributed by atoms with van der Waals surface area (Å²) in [5, 5.41) is 12.7. The summed E-state index contributed by atoms with van der Waals surface area (Å²) < 4.78 is 5.23. The highest BCUT2D eigenvalue weighted by molar-refractivity contribution is 5.76. The lowest BCUT2D eigenvalue weighted by atomic mass is 9.90. The second kappa shape index (κ2) is 8.68. The van der Waals surface area contributed by atoms with E-state index in [0.717, 1.165) is 5.56 Å². The summed E-state index contributed by atoms with van der Waals surface area (Å²) in [5.74, 6) is -0.0153. The predicted octanol–water partition coefficient (Wildman–Crippen LogP) is 1.92. The smallest absolute Gasteiger partial charge is 0.407 e. The number of hydrogen-bond donors (Lipinski definition) is 2. The lowest BCUT2D eigenvalue weighted by Gasteiger charge is -2.39. The van der Waals surface area contributed by atoms with Crippen LogP contribution in [0.15, 0.2) is 30.3 Å². The van der Waals surface area contributed by atoms with Crippen LogP contribution in [0.25, 0.3) is 0 Å². The number of carbonyl (C=O) groups is 2. The highest BCUT2D eigenvalue weighted by atomic mass is 16.5. The molecule has 2 N–H and O–H groups in total. The van der Waals surface area contributed by atoms with Gasteiger partial charge in [0, 0.05) is 25.4 Å². The second-order valence-corrected chi connectivity index (χ2v) is 6.29. The van der Waals surface area contributed by atoms with Crippen molar-refractivity contribution in [2.75, 3.05) is 13.1 Å². The van der Waals surface area contributed by atoms with E-state index in [1.807, 2.05) is 37.3 Å². The number of rotatable bonds is 5. The number of benzene rings is 1. The molecule has 2 amide bonds. The molecule has 2 rings (SSSR count). The topological polar surface area (TPSA) is 78.9 Å². The maximum Gasteiger partial charge on any atom is 0.407 e. The van der Waals surface area contributed by atoms with Crippen molar-refractivity contribution >= 4 is 12.0 Å². The standard InChI is InChI=1S/C18H26N2O4/c1-3-17(22)20-10-15(13(2)21)9-16(11-20)19-18(23)24-12-14-7-5-4-6-8-14/h4-8,13,15-16,21H,3,9-12H2,1-2H3,(H,19,23). The number of hydrogen-bond acceptors (Lipinski definition) is 4. The van der Waals surface area contributed by atoms with E-state index in [0.29, 0.717) is 25.9 Å². The highest BCUT2D eigenvalue weighted by Crippen LogP contribution is 2.21. The van der Waals surface area contributed by atoms with Crippen LogP contribution in [0.1, 0.15) is 32.3 Å². The molecule has 24 heavy (non-hydrogen) atoms. The van der Waals surface area contributed by atoms with E-state index in [-0.39, 0.29) is 24.5 Å². The summed E-state index contributed by atoms with van der Waals surface area (Å²) in [4.78, 5) is 25.7. The molecule has 6 heteroatoms. The van der Waals surface area contributed by atoms with Crippen LogP contribution >= 0.6 is 0 Å². The van der Waals surface area contributed by atoms with Crippen LogP contribution in [0.4, 0.5) is 4.79 Å². The van der Waals surface area contributed by atoms with Crippen molar-refractivity contribution in [3.63, 3.8) is 0 Å². The third-order valence-corrected chi connectivity index (χ3v) is 4.36. The number of aliphatic hydroxyl groups excluding tert-OH is 1. The number of aliphatic hydroxyl groups is 1. The van der Waals surface area contributed by atoms with Crippen LogP contribution in [-0.4, -0.2) is 47.2 Å². The first kappa shape index (κ1) is 18.3. The average molecular weight is 334 g/mol. The van der Waals surface area contributed by atoms with E-state index in [1.54, 1.807) is 11.8 Å². The van der Waals surface area contributed by atoms with Crippen molar-refractivity contribution < 1.29 is 19.4 Å². The fraction of sp³-hybridized carbons (Fsp3) is 0.556. The Kier molecular flexibility index (Phi) is 6.61. The summed E-state index contributed by atoms with van der Waals surface area (Å²) in [7, 11) is 0. The summed E-state index contributed by atoms with van der Waals surface area (Å²) in [6.45, 7) is 4.72. The van der Waals surface area contributed by atoms with Gasteiger partial charge in [-0.15, -0.1) is 0 Å². The van der Waals surface area contributed by atoms with Gasteiger partial charge in [-0.05, 0) is 18.9 Å². The van der Waals surface area contributed by atoms with Crippen LogP contribution in [0, 0.1) is 5.92 Å². The Morgan fingerprint density at radius 3 is 2.67 bits per heavy atom. The van der Waals surface area contributed by atoms with Crippen LogP contribution in [0.3, 0.4) is 0 Å². The van der Waals surface area contributed by atoms with Crippen LogP contribution in [-0.2, 0) is 16.1 Å². The summed E-state index contributed by atoms with van der Waals surface area (Å²) in [5.41, 5.74) is 0.918. The first-order chi connectivity index (χ1) is 11.5. The Hall–Kier alpha value is -2.08. The molecule has 1 heterocycles. The van der Waals surface area contributed by atoms with Gasteiger partial charge >= 0.3 is 6.09 Å². The molecule has 6 nitrogen and oxygen atoms in total. The lowest BCUT2D eigenvalue weighted by Crippen LogP contribution is -2.54. The average Bonchev–Trinajstić information content (AvgIpc) is 2.59. The molecule has 0 radical (unpaired) electrons. The zero-order chi connectivity index (χ0) is 17.5. The van der Waals surface area contributed by atoms with Crippen LogP contribution in [0.5, 0.6) is 0 Å². The highest BCUT2D eigenvalue weighted by Gasteiger charge is 2.32. The van der Waals surface area contributed by atoms with Gasteiger partial charge in [-0.2, -0.15) is 0 Å². The molecule has 1 aliphatic rings. The molecule has 132 valence electrons. The number of likely N-dealkylation sites (tertiary alicyclic amines) is 1. The van der Waals surface area contributed by atoms with Gasteiger partial charge in [-0.1, -0.05) is 37.3 Å².